The fraction of sp³-hybridized carbons (Fsp3) is 0.250. The van der Waals surface area contributed by atoms with Crippen molar-refractivity contribution in [3.63, 3.8) is 0 Å². The maximum Gasteiger partial charge on any atom is 0.165 e. The van der Waals surface area contributed by atoms with Crippen molar-refractivity contribution in [2.75, 3.05) is 14.2 Å². The lowest BCUT2D eigenvalue weighted by molar-refractivity contribution is 0.385. The van der Waals surface area contributed by atoms with Gasteiger partial charge in [-0.1, -0.05) is 41.4 Å². The molecule has 1 N–H and O–H groups in total. The van der Waals surface area contributed by atoms with Crippen LogP contribution >= 0.6 is 23.2 Å². The number of likely N-dealkylation sites (N-methyl/N-ethyl adjacent to an activating group) is 1. The van der Waals surface area contributed by atoms with E-state index < -0.39 is 0 Å². The third-order valence-electron chi connectivity index (χ3n) is 3.38. The van der Waals surface area contributed by atoms with Crippen molar-refractivity contribution in [3.05, 3.63) is 63.4 Å². The van der Waals surface area contributed by atoms with E-state index in [4.69, 9.17) is 27.9 Å². The second-order valence-electron chi connectivity index (χ2n) is 4.65. The van der Waals surface area contributed by atoms with E-state index in [1.807, 2.05) is 19.2 Å². The van der Waals surface area contributed by atoms with Crippen molar-refractivity contribution in [1.82, 2.24) is 5.32 Å². The van der Waals surface area contributed by atoms with Gasteiger partial charge in [0.1, 0.15) is 0 Å². The molecule has 0 spiro atoms. The number of halogens is 3. The Morgan fingerprint density at radius 2 is 2.00 bits per heavy atom. The normalized spacial score (nSPS) is 12.2. The standard InChI is InChI=1S/C16H16Cl2FNO/c1-20-14(8-11-4-3-5-12(17)16(11)18)10-6-7-13(19)15(9-10)21-2/h3-7,9,14,20H,8H2,1-2H3. The molecule has 5 heteroatoms. The van der Waals surface area contributed by atoms with E-state index >= 15 is 0 Å². The predicted octanol–water partition coefficient (Wildman–Crippen LogP) is 4.64. The number of hydrogen-bond acceptors (Lipinski definition) is 2. The molecular weight excluding hydrogens is 312 g/mol. The van der Waals surface area contributed by atoms with Gasteiger partial charge in [0.2, 0.25) is 0 Å². The Balaban J connectivity index is 2.30. The molecular formula is C16H16Cl2FNO. The van der Waals surface area contributed by atoms with Crippen molar-refractivity contribution in [2.45, 2.75) is 12.5 Å². The van der Waals surface area contributed by atoms with Gasteiger partial charge in [-0.2, -0.15) is 0 Å². The maximum absolute atomic E-state index is 13.5. The van der Waals surface area contributed by atoms with Gasteiger partial charge in [-0.15, -0.1) is 0 Å². The molecule has 0 heterocycles. The quantitative estimate of drug-likeness (QED) is 0.863. The fourth-order valence-electron chi connectivity index (χ4n) is 2.21. The Morgan fingerprint density at radius 3 is 2.67 bits per heavy atom. The molecule has 112 valence electrons. The second kappa shape index (κ2) is 7.12. The van der Waals surface area contributed by atoms with Crippen LogP contribution in [0.2, 0.25) is 10.0 Å². The third kappa shape index (κ3) is 3.67. The van der Waals surface area contributed by atoms with E-state index in [2.05, 4.69) is 5.32 Å². The molecule has 1 atom stereocenters. The van der Waals surface area contributed by atoms with Crippen molar-refractivity contribution >= 4 is 23.2 Å². The average molecular weight is 328 g/mol. The van der Waals surface area contributed by atoms with Gasteiger partial charge in [-0.3, -0.25) is 0 Å². The molecule has 0 fully saturated rings. The monoisotopic (exact) mass is 327 g/mol. The number of methoxy groups -OCH3 is 1. The summed E-state index contributed by atoms with van der Waals surface area (Å²) >= 11 is 12.3. The number of rotatable bonds is 5. The highest BCUT2D eigenvalue weighted by molar-refractivity contribution is 6.42. The van der Waals surface area contributed by atoms with Crippen LogP contribution in [0.15, 0.2) is 36.4 Å². The Morgan fingerprint density at radius 1 is 1.24 bits per heavy atom. The molecule has 21 heavy (non-hydrogen) atoms. The number of nitrogens with one attached hydrogen (secondary N) is 1. The Bertz CT molecular complexity index is 634. The summed E-state index contributed by atoms with van der Waals surface area (Å²) < 4.78 is 18.5. The van der Waals surface area contributed by atoms with E-state index in [0.29, 0.717) is 16.5 Å². The molecule has 2 aromatic rings. The molecule has 2 nitrogen and oxygen atoms in total. The lowest BCUT2D eigenvalue weighted by Gasteiger charge is -2.18. The van der Waals surface area contributed by atoms with Gasteiger partial charge < -0.3 is 10.1 Å². The largest absolute Gasteiger partial charge is 0.494 e. The van der Waals surface area contributed by atoms with Crippen LogP contribution in [-0.2, 0) is 6.42 Å². The summed E-state index contributed by atoms with van der Waals surface area (Å²) in [5, 5.41) is 4.28. The number of ether oxygens (including phenoxy) is 1. The smallest absolute Gasteiger partial charge is 0.165 e. The highest BCUT2D eigenvalue weighted by atomic mass is 35.5. The molecule has 0 aliphatic carbocycles. The summed E-state index contributed by atoms with van der Waals surface area (Å²) in [5.41, 5.74) is 1.86. The Hall–Kier alpha value is -1.29. The van der Waals surface area contributed by atoms with Crippen molar-refractivity contribution in [3.8, 4) is 5.75 Å². The van der Waals surface area contributed by atoms with Crippen molar-refractivity contribution in [1.29, 1.82) is 0 Å². The molecule has 0 bridgehead atoms. The molecule has 1 unspecified atom stereocenters. The molecule has 0 saturated heterocycles. The zero-order chi connectivity index (χ0) is 15.4. The van der Waals surface area contributed by atoms with E-state index in [0.717, 1.165) is 11.1 Å². The van der Waals surface area contributed by atoms with Gasteiger partial charge in [0.05, 0.1) is 17.2 Å². The van der Waals surface area contributed by atoms with Gasteiger partial charge in [0.25, 0.3) is 0 Å². The topological polar surface area (TPSA) is 21.3 Å². The van der Waals surface area contributed by atoms with E-state index in [1.54, 1.807) is 18.2 Å². The Labute approximate surface area is 133 Å². The second-order valence-corrected chi connectivity index (χ2v) is 5.44. The zero-order valence-corrected chi connectivity index (χ0v) is 13.3. The van der Waals surface area contributed by atoms with Crippen molar-refractivity contribution in [2.24, 2.45) is 0 Å². The van der Waals surface area contributed by atoms with E-state index in [9.17, 15) is 4.39 Å². The predicted molar refractivity (Wildman–Crippen MR) is 84.9 cm³/mol. The van der Waals surface area contributed by atoms with Crippen LogP contribution in [0, 0.1) is 5.82 Å². The van der Waals surface area contributed by atoms with E-state index in [1.165, 1.54) is 13.2 Å². The summed E-state index contributed by atoms with van der Waals surface area (Å²) in [5.74, 6) is -0.151. The minimum Gasteiger partial charge on any atom is -0.494 e. The fourth-order valence-corrected chi connectivity index (χ4v) is 2.60. The first kappa shape index (κ1) is 16.1. The molecule has 0 aliphatic heterocycles. The molecule has 2 rings (SSSR count). The molecule has 0 radical (unpaired) electrons. The zero-order valence-electron chi connectivity index (χ0n) is 11.8. The molecule has 0 amide bonds. The van der Waals surface area contributed by atoms with Gasteiger partial charge in [-0.05, 0) is 42.8 Å². The minimum atomic E-state index is -0.378. The highest BCUT2D eigenvalue weighted by Crippen LogP contribution is 2.30. The Kier molecular flexibility index (Phi) is 5.45. The minimum absolute atomic E-state index is 0.0181. The summed E-state index contributed by atoms with van der Waals surface area (Å²) in [6.45, 7) is 0. The van der Waals surface area contributed by atoms with E-state index in [-0.39, 0.29) is 17.6 Å². The molecule has 2 aromatic carbocycles. The van der Waals surface area contributed by atoms with Crippen LogP contribution in [0.25, 0.3) is 0 Å². The first-order chi connectivity index (χ1) is 10.1. The van der Waals surface area contributed by atoms with Gasteiger partial charge in [0, 0.05) is 6.04 Å². The SMILES string of the molecule is CNC(Cc1cccc(Cl)c1Cl)c1ccc(F)c(OC)c1. The first-order valence-corrected chi connectivity index (χ1v) is 7.26. The first-order valence-electron chi connectivity index (χ1n) is 6.50. The van der Waals surface area contributed by atoms with Gasteiger partial charge in [-0.25, -0.2) is 4.39 Å². The van der Waals surface area contributed by atoms with Gasteiger partial charge in [0.15, 0.2) is 11.6 Å². The lowest BCUT2D eigenvalue weighted by Crippen LogP contribution is -2.19. The van der Waals surface area contributed by atoms with Crippen molar-refractivity contribution < 1.29 is 9.13 Å². The van der Waals surface area contributed by atoms with Crippen LogP contribution in [0.5, 0.6) is 5.75 Å². The van der Waals surface area contributed by atoms with Crippen LogP contribution in [0.4, 0.5) is 4.39 Å². The molecule has 0 aromatic heterocycles. The van der Waals surface area contributed by atoms with Crippen LogP contribution in [-0.4, -0.2) is 14.2 Å². The summed E-state index contributed by atoms with van der Waals surface area (Å²) in [6.07, 6.45) is 0.644. The summed E-state index contributed by atoms with van der Waals surface area (Å²) in [6, 6.07) is 10.4. The summed E-state index contributed by atoms with van der Waals surface area (Å²) in [7, 11) is 3.30. The summed E-state index contributed by atoms with van der Waals surface area (Å²) in [4.78, 5) is 0. The maximum atomic E-state index is 13.5. The van der Waals surface area contributed by atoms with Crippen LogP contribution < -0.4 is 10.1 Å². The van der Waals surface area contributed by atoms with Gasteiger partial charge >= 0.3 is 0 Å². The average Bonchev–Trinajstić information content (AvgIpc) is 2.49. The number of hydrogen-bond donors (Lipinski definition) is 1. The third-order valence-corrected chi connectivity index (χ3v) is 4.24. The molecule has 0 aliphatic rings. The number of benzene rings is 2. The van der Waals surface area contributed by atoms with Crippen LogP contribution in [0.1, 0.15) is 17.2 Å². The lowest BCUT2D eigenvalue weighted by atomic mass is 9.98. The van der Waals surface area contributed by atoms with Crippen LogP contribution in [0.3, 0.4) is 0 Å². The molecule has 0 saturated carbocycles. The highest BCUT2D eigenvalue weighted by Gasteiger charge is 2.15.